The summed E-state index contributed by atoms with van der Waals surface area (Å²) < 4.78 is 0. The Morgan fingerprint density at radius 2 is 2.17 bits per heavy atom. The Balaban J connectivity index is 2.83. The van der Waals surface area contributed by atoms with Gasteiger partial charge in [0.25, 0.3) is 0 Å². The maximum absolute atomic E-state index is 4.74. The third-order valence-electron chi connectivity index (χ3n) is 1.75. The fourth-order valence-corrected chi connectivity index (χ4v) is 1.34. The molecule has 0 spiro atoms. The molecule has 0 aliphatic carbocycles. The second-order valence-electron chi connectivity index (χ2n) is 2.67. The highest BCUT2D eigenvalue weighted by atomic mass is 32.1. The van der Waals surface area contributed by atoms with Gasteiger partial charge in [-0.05, 0) is 18.1 Å². The van der Waals surface area contributed by atoms with E-state index in [1.54, 1.807) is 5.49 Å². The van der Waals surface area contributed by atoms with Gasteiger partial charge in [-0.25, -0.2) is 0 Å². The van der Waals surface area contributed by atoms with Gasteiger partial charge in [0.05, 0.1) is 5.49 Å². The number of aryl methyl sites for hydroxylation is 1. The van der Waals surface area contributed by atoms with E-state index in [4.69, 9.17) is 12.2 Å². The molecule has 2 heteroatoms. The Labute approximate surface area is 78.8 Å². The largest absolute Gasteiger partial charge is 0.352 e. The van der Waals surface area contributed by atoms with Crippen LogP contribution in [0.15, 0.2) is 24.3 Å². The number of para-hydroxylation sites is 1. The second-order valence-corrected chi connectivity index (χ2v) is 2.91. The minimum Gasteiger partial charge on any atom is -0.352 e. The quantitative estimate of drug-likeness (QED) is 0.713. The summed E-state index contributed by atoms with van der Waals surface area (Å²) in [6.07, 6.45) is 2.27. The molecule has 1 nitrogen and oxygen atoms in total. The van der Waals surface area contributed by atoms with Crippen LogP contribution in [-0.4, -0.2) is 5.49 Å². The highest BCUT2D eigenvalue weighted by molar-refractivity contribution is 7.79. The lowest BCUT2D eigenvalue weighted by Crippen LogP contribution is -1.96. The molecule has 0 aliphatic rings. The van der Waals surface area contributed by atoms with Crippen LogP contribution in [0.25, 0.3) is 0 Å². The van der Waals surface area contributed by atoms with Crippen LogP contribution in [0, 0.1) is 0 Å². The number of rotatable bonds is 4. The summed E-state index contributed by atoms with van der Waals surface area (Å²) in [6.45, 7) is 2.17. The summed E-state index contributed by atoms with van der Waals surface area (Å²) in [5, 5.41) is 3.05. The molecule has 1 N–H and O–H groups in total. The fourth-order valence-electron chi connectivity index (χ4n) is 1.21. The lowest BCUT2D eigenvalue weighted by Gasteiger charge is -2.06. The highest BCUT2D eigenvalue weighted by Crippen LogP contribution is 2.15. The molecule has 1 aromatic carbocycles. The lowest BCUT2D eigenvalue weighted by atomic mass is 10.1. The van der Waals surface area contributed by atoms with Crippen LogP contribution >= 0.6 is 12.2 Å². The smallest absolute Gasteiger partial charge is 0.0659 e. The first kappa shape index (κ1) is 9.20. The molecule has 0 saturated heterocycles. The SMILES string of the molecule is CCCc1ccccc1NC=S. The standard InChI is InChI=1S/C10H13NS/c1-2-5-9-6-3-4-7-10(9)11-8-12/h3-4,6-8H,2,5H2,1H3,(H,11,12). The minimum atomic E-state index is 1.10. The van der Waals surface area contributed by atoms with Crippen LogP contribution in [0.2, 0.25) is 0 Å². The monoisotopic (exact) mass is 179 g/mol. The van der Waals surface area contributed by atoms with Crippen molar-refractivity contribution in [1.82, 2.24) is 0 Å². The number of benzene rings is 1. The van der Waals surface area contributed by atoms with Crippen LogP contribution < -0.4 is 5.32 Å². The maximum atomic E-state index is 4.74. The van der Waals surface area contributed by atoms with Crippen molar-refractivity contribution in [3.05, 3.63) is 29.8 Å². The maximum Gasteiger partial charge on any atom is 0.0659 e. The van der Waals surface area contributed by atoms with Gasteiger partial charge in [0.1, 0.15) is 0 Å². The average molecular weight is 179 g/mol. The van der Waals surface area contributed by atoms with Crippen molar-refractivity contribution in [2.24, 2.45) is 0 Å². The molecule has 0 aromatic heterocycles. The number of hydrogen-bond acceptors (Lipinski definition) is 1. The van der Waals surface area contributed by atoms with E-state index >= 15 is 0 Å². The van der Waals surface area contributed by atoms with Gasteiger partial charge in [0.2, 0.25) is 0 Å². The predicted molar refractivity (Wildman–Crippen MR) is 57.7 cm³/mol. The molecule has 0 fully saturated rings. The summed E-state index contributed by atoms with van der Waals surface area (Å²) in [7, 11) is 0. The van der Waals surface area contributed by atoms with Gasteiger partial charge in [0.15, 0.2) is 0 Å². The Bertz CT molecular complexity index is 258. The van der Waals surface area contributed by atoms with Crippen LogP contribution in [-0.2, 0) is 6.42 Å². The summed E-state index contributed by atoms with van der Waals surface area (Å²) >= 11 is 4.74. The number of thiocarbonyl (C=S) groups is 1. The first-order valence-electron chi connectivity index (χ1n) is 4.16. The van der Waals surface area contributed by atoms with Gasteiger partial charge in [0, 0.05) is 5.69 Å². The lowest BCUT2D eigenvalue weighted by molar-refractivity contribution is 0.924. The molecule has 1 aromatic rings. The molecule has 0 unspecified atom stereocenters. The zero-order valence-electron chi connectivity index (χ0n) is 7.21. The van der Waals surface area contributed by atoms with Crippen LogP contribution in [0.3, 0.4) is 0 Å². The molecule has 1 rings (SSSR count). The van der Waals surface area contributed by atoms with E-state index < -0.39 is 0 Å². The Morgan fingerprint density at radius 3 is 2.83 bits per heavy atom. The Morgan fingerprint density at radius 1 is 1.42 bits per heavy atom. The number of nitrogens with one attached hydrogen (secondary N) is 1. The van der Waals surface area contributed by atoms with Crippen LogP contribution in [0.4, 0.5) is 5.69 Å². The highest BCUT2D eigenvalue weighted by Gasteiger charge is 1.96. The summed E-state index contributed by atoms with van der Waals surface area (Å²) in [6, 6.07) is 8.25. The Hall–Kier alpha value is -0.890. The number of hydrogen-bond donors (Lipinski definition) is 1. The molecule has 0 radical (unpaired) electrons. The average Bonchev–Trinajstić information content (AvgIpc) is 2.09. The van der Waals surface area contributed by atoms with Gasteiger partial charge < -0.3 is 5.32 Å². The first-order valence-corrected chi connectivity index (χ1v) is 4.63. The van der Waals surface area contributed by atoms with Gasteiger partial charge >= 0.3 is 0 Å². The number of anilines is 1. The molecular weight excluding hydrogens is 166 g/mol. The van der Waals surface area contributed by atoms with E-state index in [-0.39, 0.29) is 0 Å². The van der Waals surface area contributed by atoms with E-state index in [2.05, 4.69) is 24.4 Å². The normalized spacial score (nSPS) is 9.42. The van der Waals surface area contributed by atoms with Gasteiger partial charge in [-0.2, -0.15) is 0 Å². The molecule has 0 atom stereocenters. The van der Waals surface area contributed by atoms with Crippen LogP contribution in [0.1, 0.15) is 18.9 Å². The van der Waals surface area contributed by atoms with Crippen molar-refractivity contribution in [3.63, 3.8) is 0 Å². The fraction of sp³-hybridized carbons (Fsp3) is 0.300. The molecule has 0 bridgehead atoms. The van der Waals surface area contributed by atoms with E-state index in [9.17, 15) is 0 Å². The van der Waals surface area contributed by atoms with E-state index in [0.717, 1.165) is 18.5 Å². The van der Waals surface area contributed by atoms with Crippen molar-refractivity contribution in [2.45, 2.75) is 19.8 Å². The van der Waals surface area contributed by atoms with Crippen molar-refractivity contribution < 1.29 is 0 Å². The zero-order chi connectivity index (χ0) is 8.81. The molecule has 0 heterocycles. The molecule has 64 valence electrons. The third kappa shape index (κ3) is 2.31. The molecule has 0 saturated carbocycles. The van der Waals surface area contributed by atoms with E-state index in [0.29, 0.717) is 0 Å². The summed E-state index contributed by atoms with van der Waals surface area (Å²) in [5.41, 5.74) is 4.02. The minimum absolute atomic E-state index is 1.10. The first-order chi connectivity index (χ1) is 5.88. The third-order valence-corrected chi connectivity index (χ3v) is 1.87. The van der Waals surface area contributed by atoms with E-state index in [1.165, 1.54) is 5.56 Å². The van der Waals surface area contributed by atoms with Crippen molar-refractivity contribution >= 4 is 23.4 Å². The van der Waals surface area contributed by atoms with Crippen LogP contribution in [0.5, 0.6) is 0 Å². The molecule has 12 heavy (non-hydrogen) atoms. The van der Waals surface area contributed by atoms with E-state index in [1.807, 2.05) is 12.1 Å². The summed E-state index contributed by atoms with van der Waals surface area (Å²) in [4.78, 5) is 0. The van der Waals surface area contributed by atoms with Gasteiger partial charge in [-0.1, -0.05) is 43.8 Å². The summed E-state index contributed by atoms with van der Waals surface area (Å²) in [5.74, 6) is 0. The zero-order valence-corrected chi connectivity index (χ0v) is 8.03. The van der Waals surface area contributed by atoms with Gasteiger partial charge in [-0.3, -0.25) is 0 Å². The predicted octanol–water partition coefficient (Wildman–Crippen LogP) is 3.01. The van der Waals surface area contributed by atoms with Crippen molar-refractivity contribution in [3.8, 4) is 0 Å². The molecule has 0 aliphatic heterocycles. The van der Waals surface area contributed by atoms with Gasteiger partial charge in [-0.15, -0.1) is 0 Å². The van der Waals surface area contributed by atoms with Crippen molar-refractivity contribution in [1.29, 1.82) is 0 Å². The second kappa shape index (κ2) is 4.88. The Kier molecular flexibility index (Phi) is 3.74. The molecular formula is C10H13NS. The van der Waals surface area contributed by atoms with Crippen molar-refractivity contribution in [2.75, 3.05) is 5.32 Å². The molecule has 0 amide bonds. The topological polar surface area (TPSA) is 12.0 Å².